The average molecular weight is 299 g/mol. The van der Waals surface area contributed by atoms with Crippen molar-refractivity contribution in [2.75, 3.05) is 13.1 Å². The average Bonchev–Trinajstić information content (AvgIpc) is 2.46. The number of hydrogen-bond acceptors (Lipinski definition) is 3. The van der Waals surface area contributed by atoms with Gasteiger partial charge in [0.2, 0.25) is 5.91 Å². The van der Waals surface area contributed by atoms with Crippen LogP contribution in [-0.4, -0.2) is 46.0 Å². The molecule has 6 nitrogen and oxygen atoms in total. The van der Waals surface area contributed by atoms with Gasteiger partial charge in [-0.2, -0.15) is 0 Å². The lowest BCUT2D eigenvalue weighted by Gasteiger charge is -2.36. The van der Waals surface area contributed by atoms with Crippen molar-refractivity contribution in [3.05, 3.63) is 0 Å². The summed E-state index contributed by atoms with van der Waals surface area (Å²) in [5.74, 6) is -4.25. The predicted molar refractivity (Wildman–Crippen MR) is 76.8 cm³/mol. The molecule has 1 aliphatic heterocycles. The lowest BCUT2D eigenvalue weighted by molar-refractivity contribution is -0.159. The number of hydrogen-bond donors (Lipinski definition) is 2. The zero-order chi connectivity index (χ0) is 16.0. The van der Waals surface area contributed by atoms with Gasteiger partial charge in [0, 0.05) is 19.0 Å². The standard InChI is InChI=1S/C15H25NO5/c1-3-5-6-10(4-2)13(17)16-8-7-11(14(18)19)12(9-16)15(20)21/h10-12H,3-9H2,1-2H3,(H,18,19)(H,20,21). The number of amides is 1. The molecule has 0 spiro atoms. The summed E-state index contributed by atoms with van der Waals surface area (Å²) in [5.41, 5.74) is 0. The number of carbonyl (C=O) groups is 3. The van der Waals surface area contributed by atoms with Gasteiger partial charge in [0.15, 0.2) is 0 Å². The molecule has 0 aromatic heterocycles. The largest absolute Gasteiger partial charge is 0.481 e. The van der Waals surface area contributed by atoms with Crippen molar-refractivity contribution >= 4 is 17.8 Å². The normalized spacial score (nSPS) is 23.6. The smallest absolute Gasteiger partial charge is 0.309 e. The maximum absolute atomic E-state index is 12.5. The molecular weight excluding hydrogens is 274 g/mol. The molecule has 3 atom stereocenters. The van der Waals surface area contributed by atoms with E-state index in [0.717, 1.165) is 25.7 Å². The highest BCUT2D eigenvalue weighted by atomic mass is 16.4. The van der Waals surface area contributed by atoms with E-state index < -0.39 is 23.8 Å². The van der Waals surface area contributed by atoms with Gasteiger partial charge in [-0.1, -0.05) is 26.7 Å². The molecule has 0 saturated carbocycles. The number of rotatable bonds is 7. The molecule has 3 unspecified atom stereocenters. The topological polar surface area (TPSA) is 94.9 Å². The highest BCUT2D eigenvalue weighted by Gasteiger charge is 2.40. The molecule has 0 aromatic carbocycles. The fourth-order valence-corrected chi connectivity index (χ4v) is 2.91. The molecule has 1 heterocycles. The number of carboxylic acids is 2. The fourth-order valence-electron chi connectivity index (χ4n) is 2.91. The third-order valence-electron chi connectivity index (χ3n) is 4.31. The summed E-state index contributed by atoms with van der Waals surface area (Å²) in [6.07, 6.45) is 3.74. The predicted octanol–water partition coefficient (Wildman–Crippen LogP) is 1.84. The first-order valence-electron chi connectivity index (χ1n) is 7.66. The van der Waals surface area contributed by atoms with Gasteiger partial charge in [0.1, 0.15) is 0 Å². The highest BCUT2D eigenvalue weighted by molar-refractivity contribution is 5.83. The van der Waals surface area contributed by atoms with E-state index in [0.29, 0.717) is 6.54 Å². The first-order chi connectivity index (χ1) is 9.92. The van der Waals surface area contributed by atoms with E-state index in [1.165, 1.54) is 0 Å². The lowest BCUT2D eigenvalue weighted by Crippen LogP contribution is -2.50. The van der Waals surface area contributed by atoms with E-state index in [-0.39, 0.29) is 24.8 Å². The summed E-state index contributed by atoms with van der Waals surface area (Å²) in [6, 6.07) is 0. The Kier molecular flexibility index (Phi) is 6.65. The molecule has 120 valence electrons. The molecule has 0 aliphatic carbocycles. The Bertz CT molecular complexity index is 396. The van der Waals surface area contributed by atoms with Crippen molar-refractivity contribution in [1.82, 2.24) is 4.90 Å². The first-order valence-corrected chi connectivity index (χ1v) is 7.66. The molecule has 0 bridgehead atoms. The van der Waals surface area contributed by atoms with Gasteiger partial charge in [0.05, 0.1) is 11.8 Å². The molecule has 1 rings (SSSR count). The van der Waals surface area contributed by atoms with Crippen LogP contribution in [0.15, 0.2) is 0 Å². The minimum atomic E-state index is -1.14. The molecule has 6 heteroatoms. The Morgan fingerprint density at radius 3 is 2.24 bits per heavy atom. The lowest BCUT2D eigenvalue weighted by atomic mass is 9.84. The molecule has 1 fully saturated rings. The van der Waals surface area contributed by atoms with E-state index in [4.69, 9.17) is 5.11 Å². The minimum Gasteiger partial charge on any atom is -0.481 e. The zero-order valence-corrected chi connectivity index (χ0v) is 12.7. The van der Waals surface area contributed by atoms with Gasteiger partial charge in [-0.05, 0) is 19.3 Å². The van der Waals surface area contributed by atoms with E-state index in [1.807, 2.05) is 6.92 Å². The van der Waals surface area contributed by atoms with Crippen LogP contribution in [0.4, 0.5) is 0 Å². The summed E-state index contributed by atoms with van der Waals surface area (Å²) in [6.45, 7) is 4.36. The Morgan fingerprint density at radius 1 is 1.14 bits per heavy atom. The summed E-state index contributed by atoms with van der Waals surface area (Å²) < 4.78 is 0. The summed E-state index contributed by atoms with van der Waals surface area (Å²) in [7, 11) is 0. The Balaban J connectivity index is 2.74. The quantitative estimate of drug-likeness (QED) is 0.748. The monoisotopic (exact) mass is 299 g/mol. The number of carboxylic acid groups (broad SMARTS) is 2. The fraction of sp³-hybridized carbons (Fsp3) is 0.800. The molecule has 21 heavy (non-hydrogen) atoms. The van der Waals surface area contributed by atoms with E-state index in [2.05, 4.69) is 6.92 Å². The van der Waals surface area contributed by atoms with Crippen LogP contribution in [0.5, 0.6) is 0 Å². The zero-order valence-electron chi connectivity index (χ0n) is 12.7. The SMILES string of the molecule is CCCCC(CC)C(=O)N1CCC(C(=O)O)C(C(=O)O)C1. The maximum Gasteiger partial charge on any atom is 0.309 e. The summed E-state index contributed by atoms with van der Waals surface area (Å²) in [5, 5.41) is 18.3. The number of unbranched alkanes of at least 4 members (excludes halogenated alkanes) is 1. The Hall–Kier alpha value is -1.59. The van der Waals surface area contributed by atoms with Crippen LogP contribution < -0.4 is 0 Å². The van der Waals surface area contributed by atoms with Crippen molar-refractivity contribution in [3.63, 3.8) is 0 Å². The van der Waals surface area contributed by atoms with Gasteiger partial charge >= 0.3 is 11.9 Å². The number of piperidine rings is 1. The number of aliphatic carboxylic acids is 2. The van der Waals surface area contributed by atoms with Crippen LogP contribution in [0.1, 0.15) is 46.0 Å². The summed E-state index contributed by atoms with van der Waals surface area (Å²) >= 11 is 0. The summed E-state index contributed by atoms with van der Waals surface area (Å²) in [4.78, 5) is 36.4. The van der Waals surface area contributed by atoms with Crippen LogP contribution in [0.2, 0.25) is 0 Å². The minimum absolute atomic E-state index is 0.00770. The van der Waals surface area contributed by atoms with Crippen LogP contribution in [-0.2, 0) is 14.4 Å². The Morgan fingerprint density at radius 2 is 1.76 bits per heavy atom. The van der Waals surface area contributed by atoms with Crippen LogP contribution in [0, 0.1) is 17.8 Å². The maximum atomic E-state index is 12.5. The van der Waals surface area contributed by atoms with Crippen molar-refractivity contribution in [1.29, 1.82) is 0 Å². The van der Waals surface area contributed by atoms with Crippen LogP contribution >= 0.6 is 0 Å². The van der Waals surface area contributed by atoms with Crippen molar-refractivity contribution < 1.29 is 24.6 Å². The molecule has 2 N–H and O–H groups in total. The molecule has 0 aromatic rings. The van der Waals surface area contributed by atoms with Crippen molar-refractivity contribution in [2.45, 2.75) is 46.0 Å². The second-order valence-electron chi connectivity index (χ2n) is 5.71. The van der Waals surface area contributed by atoms with E-state index in [9.17, 15) is 19.5 Å². The van der Waals surface area contributed by atoms with Crippen LogP contribution in [0.25, 0.3) is 0 Å². The van der Waals surface area contributed by atoms with Crippen molar-refractivity contribution in [2.24, 2.45) is 17.8 Å². The molecular formula is C15H25NO5. The third kappa shape index (κ3) is 4.44. The molecule has 1 saturated heterocycles. The highest BCUT2D eigenvalue weighted by Crippen LogP contribution is 2.27. The van der Waals surface area contributed by atoms with Gasteiger partial charge in [0.25, 0.3) is 0 Å². The van der Waals surface area contributed by atoms with E-state index >= 15 is 0 Å². The second kappa shape index (κ2) is 8.00. The molecule has 1 aliphatic rings. The third-order valence-corrected chi connectivity index (χ3v) is 4.31. The Labute approximate surface area is 125 Å². The number of carbonyl (C=O) groups excluding carboxylic acids is 1. The second-order valence-corrected chi connectivity index (χ2v) is 5.71. The van der Waals surface area contributed by atoms with Gasteiger partial charge in [-0.15, -0.1) is 0 Å². The number of likely N-dealkylation sites (tertiary alicyclic amines) is 1. The number of nitrogens with zero attached hydrogens (tertiary/aromatic N) is 1. The first kappa shape index (κ1) is 17.5. The van der Waals surface area contributed by atoms with Crippen molar-refractivity contribution in [3.8, 4) is 0 Å². The van der Waals surface area contributed by atoms with Gasteiger partial charge in [-0.25, -0.2) is 0 Å². The molecule has 1 amide bonds. The molecule has 0 radical (unpaired) electrons. The van der Waals surface area contributed by atoms with Gasteiger partial charge in [-0.3, -0.25) is 14.4 Å². The van der Waals surface area contributed by atoms with Crippen LogP contribution in [0.3, 0.4) is 0 Å². The van der Waals surface area contributed by atoms with E-state index in [1.54, 1.807) is 4.90 Å². The van der Waals surface area contributed by atoms with Gasteiger partial charge < -0.3 is 15.1 Å².